The average molecular weight is 756 g/mol. The molecule has 8 aromatic rings. The Kier molecular flexibility index (Phi) is 11.3. The van der Waals surface area contributed by atoms with Crippen molar-refractivity contribution >= 4 is 48.1 Å². The summed E-state index contributed by atoms with van der Waals surface area (Å²) in [7, 11) is 0. The van der Waals surface area contributed by atoms with Gasteiger partial charge in [0, 0.05) is 0 Å². The molecule has 0 N–H and O–H groups in total. The molecule has 51 heavy (non-hydrogen) atoms. The zero-order chi connectivity index (χ0) is 36.2. The van der Waals surface area contributed by atoms with Gasteiger partial charge < -0.3 is 0 Å². The van der Waals surface area contributed by atoms with Crippen LogP contribution in [0.1, 0.15) is 58.2 Å². The van der Waals surface area contributed by atoms with E-state index in [4.69, 9.17) is 0 Å². The van der Waals surface area contributed by atoms with E-state index in [9.17, 15) is 0 Å². The van der Waals surface area contributed by atoms with Crippen LogP contribution in [0, 0.1) is 6.92 Å². The SMILES string of the molecule is CC(C)(C)c1ccc2c(c1)[cH-]c1cc(C(C)(C)C)ccc12.Cc1cc2c(-c3ccccc3)cccc2[cH-]1.[Zr+2]=[Si](c1ccccc1)c1ccccc1. The van der Waals surface area contributed by atoms with Gasteiger partial charge >= 0.3 is 99.8 Å². The van der Waals surface area contributed by atoms with E-state index < -0.39 is 5.43 Å². The summed E-state index contributed by atoms with van der Waals surface area (Å²) in [6.07, 6.45) is 0. The molecule has 0 saturated carbocycles. The molecule has 0 aromatic heterocycles. The summed E-state index contributed by atoms with van der Waals surface area (Å²) in [6, 6.07) is 59.4. The Bertz CT molecular complexity index is 2270. The van der Waals surface area contributed by atoms with Gasteiger partial charge in [0.1, 0.15) is 0 Å². The molecule has 0 bridgehead atoms. The number of benzene rings is 6. The first-order valence-corrected chi connectivity index (χ1v) is 23.1. The molecule has 252 valence electrons. The topological polar surface area (TPSA) is 0 Å². The predicted octanol–water partition coefficient (Wildman–Crippen LogP) is 12.2. The van der Waals surface area contributed by atoms with E-state index in [-0.39, 0.29) is 10.8 Å². The molecule has 0 spiro atoms. The van der Waals surface area contributed by atoms with Gasteiger partial charge in [0.15, 0.2) is 0 Å². The summed E-state index contributed by atoms with van der Waals surface area (Å²) >= 11 is 1.64. The number of aryl methyl sites for hydroxylation is 1. The summed E-state index contributed by atoms with van der Waals surface area (Å²) < 4.78 is 0. The second-order valence-corrected chi connectivity index (χ2v) is 21.2. The van der Waals surface area contributed by atoms with Crippen molar-refractivity contribution in [3.05, 3.63) is 180 Å². The Morgan fingerprint density at radius 2 is 0.922 bits per heavy atom. The molecule has 8 aromatic carbocycles. The Morgan fingerprint density at radius 3 is 1.39 bits per heavy atom. The summed E-state index contributed by atoms with van der Waals surface area (Å²) in [5.74, 6) is 0. The van der Waals surface area contributed by atoms with Gasteiger partial charge in [0.2, 0.25) is 0 Å². The summed E-state index contributed by atoms with van der Waals surface area (Å²) in [5.41, 5.74) is 6.71. The van der Waals surface area contributed by atoms with Crippen molar-refractivity contribution in [2.75, 3.05) is 0 Å². The maximum atomic E-state index is 2.35. The van der Waals surface area contributed by atoms with Crippen LogP contribution in [0.3, 0.4) is 0 Å². The van der Waals surface area contributed by atoms with Crippen LogP contribution in [0.15, 0.2) is 164 Å². The first kappa shape index (κ1) is 36.7. The first-order chi connectivity index (χ1) is 24.4. The van der Waals surface area contributed by atoms with E-state index in [1.165, 1.54) is 70.5 Å². The van der Waals surface area contributed by atoms with Crippen LogP contribution in [0.5, 0.6) is 0 Å². The van der Waals surface area contributed by atoms with Crippen molar-refractivity contribution in [3.8, 4) is 11.1 Å². The Morgan fingerprint density at radius 1 is 0.451 bits per heavy atom. The number of fused-ring (bicyclic) bond motifs is 4. The van der Waals surface area contributed by atoms with Crippen LogP contribution in [0.25, 0.3) is 43.4 Å². The van der Waals surface area contributed by atoms with E-state index in [1.807, 2.05) is 0 Å². The van der Waals surface area contributed by atoms with Crippen LogP contribution >= 0.6 is 0 Å². The third-order valence-corrected chi connectivity index (χ3v) is 15.6. The van der Waals surface area contributed by atoms with E-state index >= 15 is 0 Å². The molecule has 0 aliphatic heterocycles. The molecular weight excluding hydrogens is 708 g/mol. The zero-order valence-corrected chi connectivity index (χ0v) is 34.5. The summed E-state index contributed by atoms with van der Waals surface area (Å²) in [6.45, 7) is 15.8. The first-order valence-electron chi connectivity index (χ1n) is 17.9. The van der Waals surface area contributed by atoms with Gasteiger partial charge in [-0.25, -0.2) is 0 Å². The van der Waals surface area contributed by atoms with Crippen LogP contribution in [-0.4, -0.2) is 5.43 Å². The molecule has 0 aliphatic carbocycles. The van der Waals surface area contributed by atoms with Crippen LogP contribution < -0.4 is 10.4 Å². The van der Waals surface area contributed by atoms with Gasteiger partial charge in [0.25, 0.3) is 0 Å². The van der Waals surface area contributed by atoms with Crippen LogP contribution in [0.4, 0.5) is 0 Å². The quantitative estimate of drug-likeness (QED) is 0.124. The molecule has 0 fully saturated rings. The normalized spacial score (nSPS) is 11.5. The van der Waals surface area contributed by atoms with Crippen molar-refractivity contribution in [1.82, 2.24) is 0 Å². The molecule has 0 nitrogen and oxygen atoms in total. The molecule has 0 heterocycles. The van der Waals surface area contributed by atoms with Gasteiger partial charge in [-0.1, -0.05) is 126 Å². The fourth-order valence-corrected chi connectivity index (χ4v) is 10.4. The monoisotopic (exact) mass is 754 g/mol. The predicted molar refractivity (Wildman–Crippen MR) is 222 cm³/mol. The van der Waals surface area contributed by atoms with Crippen LogP contribution in [-0.2, 0) is 34.2 Å². The van der Waals surface area contributed by atoms with Gasteiger partial charge in [-0.3, -0.25) is 0 Å². The van der Waals surface area contributed by atoms with E-state index in [0.29, 0.717) is 0 Å². The zero-order valence-electron chi connectivity index (χ0n) is 31.1. The molecule has 0 saturated heterocycles. The molecule has 0 atom stereocenters. The van der Waals surface area contributed by atoms with Gasteiger partial charge in [-0.05, 0) is 16.4 Å². The standard InChI is InChI=1S/C21H25.C16H13.C12H10Si.Zr/c1-20(2,3)16-7-9-18-14(12-16)11-15-13-17(21(4,5)6)8-10-19(15)18;1-12-10-14-8-5-9-15(16(14)11-12)13-6-3-2-4-7-13;1-3-7-11(8-4-1)13-12-9-5-2-6-10-12;/h7-13H,1-6H3;2-11H,1H3;1-10H;/q2*-1;;+2. The Balaban J connectivity index is 0.000000135. The average Bonchev–Trinajstić information content (AvgIpc) is 3.71. The number of rotatable bonds is 3. The summed E-state index contributed by atoms with van der Waals surface area (Å²) in [5, 5.41) is 11.2. The Hall–Kier alpha value is -4.10. The van der Waals surface area contributed by atoms with Crippen LogP contribution in [0.2, 0.25) is 0 Å². The van der Waals surface area contributed by atoms with Gasteiger partial charge in [-0.15, -0.1) is 74.3 Å². The van der Waals surface area contributed by atoms with Crippen molar-refractivity contribution in [2.24, 2.45) is 0 Å². The van der Waals surface area contributed by atoms with E-state index in [1.54, 1.807) is 23.3 Å². The third kappa shape index (κ3) is 8.86. The van der Waals surface area contributed by atoms with Crippen molar-refractivity contribution in [1.29, 1.82) is 0 Å². The van der Waals surface area contributed by atoms with E-state index in [0.717, 1.165) is 0 Å². The minimum atomic E-state index is -0.455. The molecule has 0 aliphatic rings. The van der Waals surface area contributed by atoms with Crippen molar-refractivity contribution < 1.29 is 23.3 Å². The van der Waals surface area contributed by atoms with Crippen molar-refractivity contribution in [3.63, 3.8) is 0 Å². The number of hydrogen-bond acceptors (Lipinski definition) is 0. The second kappa shape index (κ2) is 15.6. The molecule has 0 radical (unpaired) electrons. The maximum absolute atomic E-state index is 2.35. The van der Waals surface area contributed by atoms with E-state index in [2.05, 4.69) is 212 Å². The Labute approximate surface area is 320 Å². The second-order valence-electron chi connectivity index (χ2n) is 15.6. The number of hydrogen-bond donors (Lipinski definition) is 0. The third-order valence-electron chi connectivity index (χ3n) is 9.54. The molecule has 2 heteroatoms. The van der Waals surface area contributed by atoms with Gasteiger partial charge in [0.05, 0.1) is 0 Å². The minimum absolute atomic E-state index is 0.203. The molecule has 8 rings (SSSR count). The van der Waals surface area contributed by atoms with Crippen molar-refractivity contribution in [2.45, 2.75) is 59.3 Å². The molecule has 0 unspecified atom stereocenters. The fraction of sp³-hybridized carbons (Fsp3) is 0.184. The molecular formula is C49H48SiZr. The summed E-state index contributed by atoms with van der Waals surface area (Å²) in [4.78, 5) is 0. The fourth-order valence-electron chi connectivity index (χ4n) is 6.59. The molecule has 0 amide bonds. The van der Waals surface area contributed by atoms with Gasteiger partial charge in [-0.2, -0.15) is 6.07 Å².